The van der Waals surface area contributed by atoms with Crippen molar-refractivity contribution in [1.29, 1.82) is 0 Å². The van der Waals surface area contributed by atoms with Gasteiger partial charge in [-0.05, 0) is 59.0 Å². The molecule has 6 rings (SSSR count). The molecule has 0 saturated carbocycles. The smallest absolute Gasteiger partial charge is 0.328 e. The Morgan fingerprint density at radius 2 is 1.44 bits per heavy atom. The molecule has 1 heterocycles. The van der Waals surface area contributed by atoms with E-state index >= 15 is 0 Å². The Morgan fingerprint density at radius 1 is 0.782 bits per heavy atom. The van der Waals surface area contributed by atoms with E-state index in [1.165, 1.54) is 12.7 Å². The number of carbonyl (C=O) groups excluding carboxylic acids is 2. The van der Waals surface area contributed by atoms with Crippen LogP contribution in [0, 0.1) is 5.92 Å². The highest BCUT2D eigenvalue weighted by molar-refractivity contribution is 5.83. The summed E-state index contributed by atoms with van der Waals surface area (Å²) in [6, 6.07) is 43.1. The lowest BCUT2D eigenvalue weighted by Gasteiger charge is -2.43. The van der Waals surface area contributed by atoms with E-state index in [-0.39, 0.29) is 37.3 Å². The fraction of sp³-hybridized carbons (Fsp3) is 0.304. The van der Waals surface area contributed by atoms with E-state index in [1.54, 1.807) is 0 Å². The molecule has 0 aliphatic carbocycles. The van der Waals surface area contributed by atoms with Crippen LogP contribution in [-0.4, -0.2) is 54.9 Å². The van der Waals surface area contributed by atoms with Crippen LogP contribution in [-0.2, 0) is 38.6 Å². The van der Waals surface area contributed by atoms with E-state index in [9.17, 15) is 14.7 Å². The van der Waals surface area contributed by atoms with Gasteiger partial charge in [-0.1, -0.05) is 134 Å². The van der Waals surface area contributed by atoms with Crippen LogP contribution in [0.15, 0.2) is 133 Å². The van der Waals surface area contributed by atoms with Gasteiger partial charge < -0.3 is 30.0 Å². The van der Waals surface area contributed by atoms with Crippen molar-refractivity contribution in [2.45, 2.75) is 64.0 Å². The normalized spacial score (nSPS) is 19.3. The molecule has 1 aliphatic heterocycles. The van der Waals surface area contributed by atoms with Gasteiger partial charge in [-0.2, -0.15) is 0 Å². The summed E-state index contributed by atoms with van der Waals surface area (Å²) in [5.41, 5.74) is 7.92. The predicted octanol–water partition coefficient (Wildman–Crippen LogP) is 7.91. The molecule has 0 unspecified atom stereocenters. The number of hydrogen-bond donors (Lipinski definition) is 3. The first kappa shape index (κ1) is 39.4. The first-order chi connectivity index (χ1) is 26.7. The molecule has 9 heteroatoms. The van der Waals surface area contributed by atoms with Gasteiger partial charge in [0, 0.05) is 37.0 Å². The van der Waals surface area contributed by atoms with Crippen LogP contribution >= 0.6 is 0 Å². The third-order valence-electron chi connectivity index (χ3n) is 10.5. The summed E-state index contributed by atoms with van der Waals surface area (Å²) in [6.07, 6.45) is -0.576. The minimum absolute atomic E-state index is 0.00829. The molecule has 0 aromatic heterocycles. The van der Waals surface area contributed by atoms with Crippen molar-refractivity contribution in [1.82, 2.24) is 15.5 Å². The molecule has 286 valence electrons. The molecule has 0 radical (unpaired) electrons. The molecule has 5 aromatic carbocycles. The SMILES string of the molecule is COC(=O)[C@H](Cc1ccccc1)NC(=O)NCc1cccc(-c2ccc([C@@H]3O[C@H](CN(C)[C@@H](C)c4ccccc4)[C@H](C)[C@H](c4ccc(CO)cc4)O3)cc2)c1. The zero-order valence-corrected chi connectivity index (χ0v) is 31.9. The Balaban J connectivity index is 1.13. The number of carbonyl (C=O) groups is 2. The molecule has 9 nitrogen and oxygen atoms in total. The highest BCUT2D eigenvalue weighted by atomic mass is 16.7. The second-order valence-corrected chi connectivity index (χ2v) is 14.3. The number of esters is 1. The summed E-state index contributed by atoms with van der Waals surface area (Å²) in [4.78, 5) is 27.6. The number of likely N-dealkylation sites (N-methyl/N-ethyl adjacent to an activating group) is 1. The molecular weight excluding hydrogens is 691 g/mol. The van der Waals surface area contributed by atoms with Crippen LogP contribution in [0.4, 0.5) is 4.79 Å². The van der Waals surface area contributed by atoms with Gasteiger partial charge in [0.25, 0.3) is 0 Å². The highest BCUT2D eigenvalue weighted by Gasteiger charge is 2.39. The second-order valence-electron chi connectivity index (χ2n) is 14.3. The van der Waals surface area contributed by atoms with Gasteiger partial charge in [0.2, 0.25) is 0 Å². The summed E-state index contributed by atoms with van der Waals surface area (Å²) < 4.78 is 18.4. The van der Waals surface area contributed by atoms with E-state index in [0.717, 1.165) is 45.5 Å². The lowest BCUT2D eigenvalue weighted by Crippen LogP contribution is -2.47. The molecule has 1 aliphatic rings. The minimum atomic E-state index is -0.811. The minimum Gasteiger partial charge on any atom is -0.467 e. The molecule has 6 atom stereocenters. The summed E-state index contributed by atoms with van der Waals surface area (Å²) in [7, 11) is 3.45. The van der Waals surface area contributed by atoms with Gasteiger partial charge in [0.05, 0.1) is 25.9 Å². The highest BCUT2D eigenvalue weighted by Crippen LogP contribution is 2.42. The Bertz CT molecular complexity index is 1970. The summed E-state index contributed by atoms with van der Waals surface area (Å²) in [6.45, 7) is 5.39. The fourth-order valence-electron chi connectivity index (χ4n) is 7.03. The maximum atomic E-state index is 12.9. The van der Waals surface area contributed by atoms with Gasteiger partial charge in [-0.3, -0.25) is 4.90 Å². The number of hydrogen-bond acceptors (Lipinski definition) is 7. The molecule has 1 fully saturated rings. The zero-order chi connectivity index (χ0) is 38.7. The third kappa shape index (κ3) is 10.3. The molecular formula is C46H51N3O6. The molecule has 55 heavy (non-hydrogen) atoms. The number of methoxy groups -OCH3 is 1. The number of ether oxygens (including phenoxy) is 3. The average Bonchev–Trinajstić information content (AvgIpc) is 3.23. The van der Waals surface area contributed by atoms with Gasteiger partial charge in [-0.15, -0.1) is 0 Å². The van der Waals surface area contributed by atoms with Crippen LogP contribution in [0.1, 0.15) is 65.7 Å². The topological polar surface area (TPSA) is 109 Å². The van der Waals surface area contributed by atoms with E-state index in [0.29, 0.717) is 6.42 Å². The molecule has 0 bridgehead atoms. The Hall–Kier alpha value is -5.32. The Kier molecular flexibility index (Phi) is 13.5. The largest absolute Gasteiger partial charge is 0.467 e. The van der Waals surface area contributed by atoms with Gasteiger partial charge in [0.15, 0.2) is 6.29 Å². The van der Waals surface area contributed by atoms with Crippen molar-refractivity contribution in [2.75, 3.05) is 20.7 Å². The van der Waals surface area contributed by atoms with Crippen molar-refractivity contribution < 1.29 is 28.9 Å². The average molecular weight is 742 g/mol. The molecule has 3 N–H and O–H groups in total. The fourth-order valence-corrected chi connectivity index (χ4v) is 7.03. The predicted molar refractivity (Wildman–Crippen MR) is 214 cm³/mol. The maximum Gasteiger partial charge on any atom is 0.328 e. The summed E-state index contributed by atoms with van der Waals surface area (Å²) in [5, 5.41) is 15.3. The lowest BCUT2D eigenvalue weighted by molar-refractivity contribution is -0.276. The standard InChI is InChI=1S/C46H51N3O6/c1-31-42(29-49(3)32(2)36-15-9-6-10-16-36)54-45(55-43(31)38-20-18-34(30-50)19-21-38)39-24-22-37(23-25-39)40-17-11-14-35(26-40)28-47-46(52)48-41(44(51)53-4)27-33-12-7-5-8-13-33/h5-26,31-32,41-43,45,50H,27-30H2,1-4H3,(H2,47,48,52)/t31-,32-,41-,42+,43+,45+/m0/s1. The van der Waals surface area contributed by atoms with E-state index in [2.05, 4.69) is 72.8 Å². The van der Waals surface area contributed by atoms with Gasteiger partial charge >= 0.3 is 12.0 Å². The summed E-state index contributed by atoms with van der Waals surface area (Å²) in [5.74, 6) is -0.440. The first-order valence-corrected chi connectivity index (χ1v) is 18.8. The van der Waals surface area contributed by atoms with E-state index in [1.807, 2.05) is 97.1 Å². The van der Waals surface area contributed by atoms with Gasteiger partial charge in [-0.25, -0.2) is 9.59 Å². The molecule has 5 aromatic rings. The van der Waals surface area contributed by atoms with Crippen LogP contribution in [0.3, 0.4) is 0 Å². The quantitative estimate of drug-likeness (QED) is 0.0993. The third-order valence-corrected chi connectivity index (χ3v) is 10.5. The van der Waals surface area contributed by atoms with Crippen molar-refractivity contribution >= 4 is 12.0 Å². The second kappa shape index (κ2) is 18.8. The number of nitrogens with one attached hydrogen (secondary N) is 2. The van der Waals surface area contributed by atoms with Crippen molar-refractivity contribution in [3.8, 4) is 11.1 Å². The van der Waals surface area contributed by atoms with E-state index in [4.69, 9.17) is 14.2 Å². The number of aliphatic hydroxyl groups is 1. The van der Waals surface area contributed by atoms with Crippen LogP contribution in [0.25, 0.3) is 11.1 Å². The van der Waals surface area contributed by atoms with Crippen molar-refractivity contribution in [3.63, 3.8) is 0 Å². The number of rotatable bonds is 14. The summed E-state index contributed by atoms with van der Waals surface area (Å²) >= 11 is 0. The monoisotopic (exact) mass is 741 g/mol. The molecule has 2 amide bonds. The number of benzene rings is 5. The van der Waals surface area contributed by atoms with Crippen molar-refractivity contribution in [2.24, 2.45) is 5.92 Å². The number of aliphatic hydroxyl groups excluding tert-OH is 1. The molecule has 1 saturated heterocycles. The Morgan fingerprint density at radius 3 is 2.11 bits per heavy atom. The van der Waals surface area contributed by atoms with Crippen molar-refractivity contribution in [3.05, 3.63) is 167 Å². The Labute approximate surface area is 324 Å². The van der Waals surface area contributed by atoms with Crippen LogP contribution in [0.5, 0.6) is 0 Å². The van der Waals surface area contributed by atoms with Gasteiger partial charge in [0.1, 0.15) is 6.04 Å². The number of urea groups is 1. The zero-order valence-electron chi connectivity index (χ0n) is 31.9. The van der Waals surface area contributed by atoms with Crippen LogP contribution in [0.2, 0.25) is 0 Å². The number of nitrogens with zero attached hydrogens (tertiary/aromatic N) is 1. The van der Waals surface area contributed by atoms with E-state index < -0.39 is 24.3 Å². The first-order valence-electron chi connectivity index (χ1n) is 18.8. The maximum absolute atomic E-state index is 12.9. The van der Waals surface area contributed by atoms with Crippen LogP contribution < -0.4 is 10.6 Å². The lowest BCUT2D eigenvalue weighted by atomic mass is 9.89. The number of amides is 2. The molecule has 0 spiro atoms.